The Morgan fingerprint density at radius 3 is 2.47 bits per heavy atom. The number of rotatable bonds is 7. The van der Waals surface area contributed by atoms with Gasteiger partial charge >= 0.3 is 0 Å². The van der Waals surface area contributed by atoms with E-state index in [2.05, 4.69) is 62.3 Å². The van der Waals surface area contributed by atoms with Crippen molar-refractivity contribution in [3.05, 3.63) is 71.0 Å². The molecule has 6 heteroatoms. The number of amides is 1. The maximum atomic E-state index is 12.7. The molecule has 3 rings (SSSR count). The quantitative estimate of drug-likeness (QED) is 0.525. The van der Waals surface area contributed by atoms with Crippen LogP contribution < -0.4 is 5.32 Å². The SMILES string of the molecule is CCCSc1nnc(CNC(=O)c2ccc(C(C)(C)C)cc2)n1-c1cccc(C)c1. The van der Waals surface area contributed by atoms with Gasteiger partial charge in [0, 0.05) is 17.0 Å². The number of hydrogen-bond acceptors (Lipinski definition) is 4. The summed E-state index contributed by atoms with van der Waals surface area (Å²) in [7, 11) is 0. The van der Waals surface area contributed by atoms with Gasteiger partial charge in [-0.3, -0.25) is 9.36 Å². The van der Waals surface area contributed by atoms with Crippen molar-refractivity contribution in [1.82, 2.24) is 20.1 Å². The van der Waals surface area contributed by atoms with E-state index in [1.165, 1.54) is 11.1 Å². The van der Waals surface area contributed by atoms with Gasteiger partial charge in [-0.05, 0) is 54.2 Å². The highest BCUT2D eigenvalue weighted by Gasteiger charge is 2.17. The maximum Gasteiger partial charge on any atom is 0.251 e. The number of hydrogen-bond donors (Lipinski definition) is 1. The van der Waals surface area contributed by atoms with Gasteiger partial charge in [-0.25, -0.2) is 0 Å². The molecule has 3 aromatic rings. The molecular formula is C24H30N4OS. The Hall–Kier alpha value is -2.60. The van der Waals surface area contributed by atoms with Crippen LogP contribution in [0.1, 0.15) is 61.4 Å². The van der Waals surface area contributed by atoms with Crippen molar-refractivity contribution >= 4 is 17.7 Å². The van der Waals surface area contributed by atoms with Crippen molar-refractivity contribution in [2.45, 2.75) is 58.2 Å². The zero-order valence-electron chi connectivity index (χ0n) is 18.4. The van der Waals surface area contributed by atoms with Gasteiger partial charge in [0.25, 0.3) is 5.91 Å². The molecule has 1 heterocycles. The van der Waals surface area contributed by atoms with E-state index in [9.17, 15) is 4.79 Å². The molecule has 1 N–H and O–H groups in total. The van der Waals surface area contributed by atoms with Gasteiger partial charge in [-0.15, -0.1) is 10.2 Å². The third-order valence-corrected chi connectivity index (χ3v) is 5.95. The van der Waals surface area contributed by atoms with E-state index in [-0.39, 0.29) is 11.3 Å². The maximum absolute atomic E-state index is 12.7. The van der Waals surface area contributed by atoms with Crippen LogP contribution in [-0.4, -0.2) is 26.4 Å². The van der Waals surface area contributed by atoms with Crippen LogP contribution in [0.25, 0.3) is 5.69 Å². The van der Waals surface area contributed by atoms with Gasteiger partial charge in [-0.2, -0.15) is 0 Å². The average molecular weight is 423 g/mol. The fraction of sp³-hybridized carbons (Fsp3) is 0.375. The molecule has 0 aliphatic heterocycles. The lowest BCUT2D eigenvalue weighted by Gasteiger charge is -2.19. The fourth-order valence-electron chi connectivity index (χ4n) is 3.11. The van der Waals surface area contributed by atoms with Crippen LogP contribution >= 0.6 is 11.8 Å². The minimum Gasteiger partial charge on any atom is -0.345 e. The summed E-state index contributed by atoms with van der Waals surface area (Å²) >= 11 is 1.68. The fourth-order valence-corrected chi connectivity index (χ4v) is 3.94. The van der Waals surface area contributed by atoms with E-state index < -0.39 is 0 Å². The summed E-state index contributed by atoms with van der Waals surface area (Å²) in [6, 6.07) is 16.0. The molecule has 2 aromatic carbocycles. The Kier molecular flexibility index (Phi) is 6.98. The largest absolute Gasteiger partial charge is 0.345 e. The minimum atomic E-state index is -0.114. The Bertz CT molecular complexity index is 1000. The highest BCUT2D eigenvalue weighted by Crippen LogP contribution is 2.24. The molecule has 0 unspecified atom stereocenters. The monoisotopic (exact) mass is 422 g/mol. The molecule has 1 aromatic heterocycles. The van der Waals surface area contributed by atoms with E-state index in [1.54, 1.807) is 11.8 Å². The first kappa shape index (κ1) is 22.1. The summed E-state index contributed by atoms with van der Waals surface area (Å²) in [6.07, 6.45) is 1.06. The predicted molar refractivity (Wildman–Crippen MR) is 123 cm³/mol. The van der Waals surface area contributed by atoms with Crippen LogP contribution in [0.3, 0.4) is 0 Å². The summed E-state index contributed by atoms with van der Waals surface area (Å²) in [5.41, 5.74) is 4.09. The molecule has 5 nitrogen and oxygen atoms in total. The number of aromatic nitrogens is 3. The molecular weight excluding hydrogens is 392 g/mol. The number of carbonyl (C=O) groups is 1. The molecule has 0 spiro atoms. The summed E-state index contributed by atoms with van der Waals surface area (Å²) in [5, 5.41) is 12.6. The zero-order valence-corrected chi connectivity index (χ0v) is 19.2. The Balaban J connectivity index is 1.79. The van der Waals surface area contributed by atoms with Crippen molar-refractivity contribution in [1.29, 1.82) is 0 Å². The molecule has 0 atom stereocenters. The molecule has 0 bridgehead atoms. The lowest BCUT2D eigenvalue weighted by molar-refractivity contribution is 0.0949. The van der Waals surface area contributed by atoms with Gasteiger partial charge in [0.1, 0.15) is 0 Å². The van der Waals surface area contributed by atoms with Crippen molar-refractivity contribution in [3.63, 3.8) is 0 Å². The number of nitrogens with zero attached hydrogens (tertiary/aromatic N) is 3. The first-order valence-corrected chi connectivity index (χ1v) is 11.3. The second kappa shape index (κ2) is 9.47. The third-order valence-electron chi connectivity index (χ3n) is 4.82. The highest BCUT2D eigenvalue weighted by molar-refractivity contribution is 7.99. The second-order valence-electron chi connectivity index (χ2n) is 8.43. The average Bonchev–Trinajstić information content (AvgIpc) is 3.12. The van der Waals surface area contributed by atoms with Crippen LogP contribution in [-0.2, 0) is 12.0 Å². The standard InChI is InChI=1S/C24H30N4OS/c1-6-14-30-23-27-26-21(28(23)20-9-7-8-17(2)15-20)16-25-22(29)18-10-12-19(13-11-18)24(3,4)5/h7-13,15H,6,14,16H2,1-5H3,(H,25,29). The van der Waals surface area contributed by atoms with Crippen LogP contribution in [0.2, 0.25) is 0 Å². The van der Waals surface area contributed by atoms with Crippen LogP contribution in [0.4, 0.5) is 0 Å². The third kappa shape index (κ3) is 5.30. The topological polar surface area (TPSA) is 59.8 Å². The predicted octanol–water partition coefficient (Wildman–Crippen LogP) is 5.31. The van der Waals surface area contributed by atoms with Crippen LogP contribution in [0.15, 0.2) is 53.7 Å². The van der Waals surface area contributed by atoms with Crippen LogP contribution in [0, 0.1) is 6.92 Å². The summed E-state index contributed by atoms with van der Waals surface area (Å²) in [6.45, 7) is 11.0. The first-order chi connectivity index (χ1) is 14.3. The normalized spacial score (nSPS) is 11.5. The lowest BCUT2D eigenvalue weighted by atomic mass is 9.87. The summed E-state index contributed by atoms with van der Waals surface area (Å²) in [4.78, 5) is 12.7. The molecule has 1 amide bonds. The summed E-state index contributed by atoms with van der Waals surface area (Å²) in [5.74, 6) is 1.58. The molecule has 0 fully saturated rings. The van der Waals surface area contributed by atoms with E-state index in [0.29, 0.717) is 12.1 Å². The van der Waals surface area contributed by atoms with E-state index in [0.717, 1.165) is 28.8 Å². The molecule has 0 aliphatic rings. The van der Waals surface area contributed by atoms with E-state index in [4.69, 9.17) is 0 Å². The zero-order chi connectivity index (χ0) is 21.7. The van der Waals surface area contributed by atoms with Crippen molar-refractivity contribution in [3.8, 4) is 5.69 Å². The smallest absolute Gasteiger partial charge is 0.251 e. The van der Waals surface area contributed by atoms with Gasteiger partial charge in [0.2, 0.25) is 0 Å². The number of nitrogens with one attached hydrogen (secondary N) is 1. The van der Waals surface area contributed by atoms with E-state index in [1.807, 2.05) is 41.0 Å². The Morgan fingerprint density at radius 2 is 1.83 bits per heavy atom. The summed E-state index contributed by atoms with van der Waals surface area (Å²) < 4.78 is 2.04. The van der Waals surface area contributed by atoms with Crippen molar-refractivity contribution in [2.75, 3.05) is 5.75 Å². The molecule has 0 aliphatic carbocycles. The van der Waals surface area contributed by atoms with Gasteiger partial charge < -0.3 is 5.32 Å². The number of aryl methyl sites for hydroxylation is 1. The molecule has 0 saturated carbocycles. The Labute approximate surface area is 183 Å². The number of benzene rings is 2. The molecule has 158 valence electrons. The van der Waals surface area contributed by atoms with E-state index >= 15 is 0 Å². The van der Waals surface area contributed by atoms with Crippen molar-refractivity contribution < 1.29 is 4.79 Å². The molecule has 0 saturated heterocycles. The number of thioether (sulfide) groups is 1. The van der Waals surface area contributed by atoms with Crippen LogP contribution in [0.5, 0.6) is 0 Å². The van der Waals surface area contributed by atoms with Gasteiger partial charge in [0.15, 0.2) is 11.0 Å². The van der Waals surface area contributed by atoms with Gasteiger partial charge in [-0.1, -0.05) is 63.7 Å². The second-order valence-corrected chi connectivity index (χ2v) is 9.49. The van der Waals surface area contributed by atoms with Crippen molar-refractivity contribution in [2.24, 2.45) is 0 Å². The Morgan fingerprint density at radius 1 is 1.10 bits per heavy atom. The lowest BCUT2D eigenvalue weighted by Crippen LogP contribution is -2.25. The molecule has 30 heavy (non-hydrogen) atoms. The first-order valence-electron chi connectivity index (χ1n) is 10.3. The minimum absolute atomic E-state index is 0.0613. The number of carbonyl (C=O) groups excluding carboxylic acids is 1. The highest BCUT2D eigenvalue weighted by atomic mass is 32.2. The van der Waals surface area contributed by atoms with Gasteiger partial charge in [0.05, 0.1) is 6.54 Å². The molecule has 0 radical (unpaired) electrons.